The zero-order valence-corrected chi connectivity index (χ0v) is 18.3. The van der Waals surface area contributed by atoms with Crippen LogP contribution in [-0.2, 0) is 14.3 Å². The molecule has 29 heavy (non-hydrogen) atoms. The van der Waals surface area contributed by atoms with E-state index in [2.05, 4.69) is 15.0 Å². The van der Waals surface area contributed by atoms with Gasteiger partial charge in [0.25, 0.3) is 0 Å². The van der Waals surface area contributed by atoms with E-state index in [9.17, 15) is 9.59 Å². The third-order valence-electron chi connectivity index (χ3n) is 5.18. The second kappa shape index (κ2) is 7.82. The second-order valence-electron chi connectivity index (χ2n) is 8.37. The Morgan fingerprint density at radius 1 is 1.31 bits per heavy atom. The molecule has 1 N–H and O–H groups in total. The molecule has 158 valence electrons. The minimum absolute atomic E-state index is 0.0938. The standard InChI is InChI=1S/C20H27ClN4O4/c1-7-13-10(2)17(28-11(3)26)16(25(13)19(27)29-20(4,5)6)12-8-22-15-14(12)23-9-24-18(15)21/h8-10,13,16-17,22H,7H2,1-6H3/t10-,13-,16+,17-/m1/s1. The zero-order valence-electron chi connectivity index (χ0n) is 17.5. The minimum Gasteiger partial charge on any atom is -0.460 e. The summed E-state index contributed by atoms with van der Waals surface area (Å²) >= 11 is 6.20. The van der Waals surface area contributed by atoms with Crippen LogP contribution in [0, 0.1) is 5.92 Å². The minimum atomic E-state index is -0.658. The number of rotatable bonds is 3. The van der Waals surface area contributed by atoms with Gasteiger partial charge in [-0.3, -0.25) is 9.69 Å². The van der Waals surface area contributed by atoms with E-state index >= 15 is 0 Å². The van der Waals surface area contributed by atoms with Crippen molar-refractivity contribution >= 4 is 34.7 Å². The van der Waals surface area contributed by atoms with Crippen LogP contribution in [0.3, 0.4) is 0 Å². The highest BCUT2D eigenvalue weighted by molar-refractivity contribution is 6.33. The summed E-state index contributed by atoms with van der Waals surface area (Å²) in [7, 11) is 0. The normalized spacial score (nSPS) is 24.7. The molecule has 0 aromatic carbocycles. The van der Waals surface area contributed by atoms with E-state index in [0.29, 0.717) is 23.0 Å². The smallest absolute Gasteiger partial charge is 0.411 e. The molecule has 2 aromatic heterocycles. The van der Waals surface area contributed by atoms with Crippen molar-refractivity contribution in [3.8, 4) is 0 Å². The Balaban J connectivity index is 2.15. The van der Waals surface area contributed by atoms with Gasteiger partial charge < -0.3 is 14.5 Å². The maximum atomic E-state index is 13.2. The SMILES string of the molecule is CC[C@@H]1[C@@H](C)[C@@H](OC(C)=O)[C@H](c2c[nH]c3c(Cl)ncnc23)N1C(=O)OC(C)(C)C. The van der Waals surface area contributed by atoms with E-state index in [1.54, 1.807) is 11.1 Å². The van der Waals surface area contributed by atoms with Crippen molar-refractivity contribution in [1.29, 1.82) is 0 Å². The molecular formula is C20H27ClN4O4. The highest BCUT2D eigenvalue weighted by Crippen LogP contribution is 2.45. The number of H-pyrrole nitrogens is 1. The van der Waals surface area contributed by atoms with Crippen LogP contribution in [-0.4, -0.2) is 49.7 Å². The Kier molecular flexibility index (Phi) is 5.76. The fourth-order valence-electron chi connectivity index (χ4n) is 4.10. The van der Waals surface area contributed by atoms with E-state index in [1.165, 1.54) is 13.3 Å². The Hall–Kier alpha value is -2.35. The molecule has 1 fully saturated rings. The monoisotopic (exact) mass is 422 g/mol. The van der Waals surface area contributed by atoms with Crippen molar-refractivity contribution in [3.05, 3.63) is 23.2 Å². The summed E-state index contributed by atoms with van der Waals surface area (Å²) in [6.07, 6.45) is 2.81. The number of fused-ring (bicyclic) bond motifs is 1. The fourth-order valence-corrected chi connectivity index (χ4v) is 4.29. The number of nitrogens with one attached hydrogen (secondary N) is 1. The molecule has 4 atom stereocenters. The molecule has 0 radical (unpaired) electrons. The summed E-state index contributed by atoms with van der Waals surface area (Å²) < 4.78 is 11.4. The maximum Gasteiger partial charge on any atom is 0.411 e. The first kappa shape index (κ1) is 21.4. The van der Waals surface area contributed by atoms with Gasteiger partial charge in [-0.05, 0) is 27.2 Å². The van der Waals surface area contributed by atoms with Crippen LogP contribution in [0.25, 0.3) is 11.0 Å². The van der Waals surface area contributed by atoms with Crippen molar-refractivity contribution < 1.29 is 19.1 Å². The Morgan fingerprint density at radius 3 is 2.59 bits per heavy atom. The van der Waals surface area contributed by atoms with Gasteiger partial charge in [0.2, 0.25) is 0 Å². The molecule has 1 aliphatic rings. The Labute approximate surface area is 174 Å². The van der Waals surface area contributed by atoms with Crippen LogP contribution >= 0.6 is 11.6 Å². The number of likely N-dealkylation sites (tertiary alicyclic amines) is 1. The number of aromatic nitrogens is 3. The van der Waals surface area contributed by atoms with Crippen LogP contribution in [0.15, 0.2) is 12.5 Å². The van der Waals surface area contributed by atoms with Crippen molar-refractivity contribution in [2.24, 2.45) is 5.92 Å². The highest BCUT2D eigenvalue weighted by atomic mass is 35.5. The molecule has 0 bridgehead atoms. The molecular weight excluding hydrogens is 396 g/mol. The van der Waals surface area contributed by atoms with E-state index in [4.69, 9.17) is 21.1 Å². The lowest BCUT2D eigenvalue weighted by Crippen LogP contribution is -2.42. The van der Waals surface area contributed by atoms with Gasteiger partial charge in [0.05, 0.1) is 5.52 Å². The molecule has 9 heteroatoms. The molecule has 3 heterocycles. The Bertz CT molecular complexity index is 923. The molecule has 0 spiro atoms. The van der Waals surface area contributed by atoms with Gasteiger partial charge in [-0.25, -0.2) is 14.8 Å². The third-order valence-corrected chi connectivity index (χ3v) is 5.47. The predicted octanol–water partition coefficient (Wildman–Crippen LogP) is 4.25. The molecule has 2 aromatic rings. The van der Waals surface area contributed by atoms with E-state index < -0.39 is 29.8 Å². The van der Waals surface area contributed by atoms with Gasteiger partial charge in [0.15, 0.2) is 5.15 Å². The number of amides is 1. The maximum absolute atomic E-state index is 13.2. The summed E-state index contributed by atoms with van der Waals surface area (Å²) in [6, 6.07) is -0.727. The molecule has 0 saturated carbocycles. The van der Waals surface area contributed by atoms with Crippen LogP contribution in [0.2, 0.25) is 5.15 Å². The number of hydrogen-bond acceptors (Lipinski definition) is 6. The average molecular weight is 423 g/mol. The molecule has 1 aliphatic heterocycles. The van der Waals surface area contributed by atoms with Crippen LogP contribution in [0.4, 0.5) is 4.79 Å². The first-order valence-corrected chi connectivity index (χ1v) is 10.1. The topological polar surface area (TPSA) is 97.4 Å². The fraction of sp³-hybridized carbons (Fsp3) is 0.600. The first-order valence-electron chi connectivity index (χ1n) is 9.71. The van der Waals surface area contributed by atoms with Gasteiger partial charge in [-0.1, -0.05) is 25.4 Å². The number of aromatic amines is 1. The van der Waals surface area contributed by atoms with Crippen LogP contribution < -0.4 is 0 Å². The summed E-state index contributed by atoms with van der Waals surface area (Å²) in [5.74, 6) is -0.496. The summed E-state index contributed by atoms with van der Waals surface area (Å²) in [6.45, 7) is 10.8. The number of carbonyl (C=O) groups is 2. The van der Waals surface area contributed by atoms with Gasteiger partial charge in [-0.2, -0.15) is 0 Å². The molecule has 8 nitrogen and oxygen atoms in total. The quantitative estimate of drug-likeness (QED) is 0.586. The summed E-state index contributed by atoms with van der Waals surface area (Å²) in [4.78, 5) is 38.2. The lowest BCUT2D eigenvalue weighted by molar-refractivity contribution is -0.149. The zero-order chi connectivity index (χ0) is 21.5. The number of carbonyl (C=O) groups excluding carboxylic acids is 2. The molecule has 0 unspecified atom stereocenters. The average Bonchev–Trinajstić information content (AvgIpc) is 3.13. The molecule has 0 aliphatic carbocycles. The largest absolute Gasteiger partial charge is 0.460 e. The van der Waals surface area contributed by atoms with Crippen molar-refractivity contribution in [1.82, 2.24) is 19.9 Å². The summed E-state index contributed by atoms with van der Waals surface area (Å²) in [5, 5.41) is 0.284. The molecule has 1 saturated heterocycles. The predicted molar refractivity (Wildman–Crippen MR) is 109 cm³/mol. The van der Waals surface area contributed by atoms with Crippen molar-refractivity contribution in [2.45, 2.75) is 71.8 Å². The van der Waals surface area contributed by atoms with E-state index in [-0.39, 0.29) is 17.1 Å². The number of esters is 1. The number of hydrogen-bond donors (Lipinski definition) is 1. The number of ether oxygens (including phenoxy) is 2. The molecule has 3 rings (SSSR count). The van der Waals surface area contributed by atoms with Crippen molar-refractivity contribution in [2.75, 3.05) is 0 Å². The number of nitrogens with zero attached hydrogens (tertiary/aromatic N) is 3. The Morgan fingerprint density at radius 2 is 2.00 bits per heavy atom. The lowest BCUT2D eigenvalue weighted by Gasteiger charge is -2.32. The second-order valence-corrected chi connectivity index (χ2v) is 8.73. The van der Waals surface area contributed by atoms with Gasteiger partial charge in [-0.15, -0.1) is 0 Å². The first-order chi connectivity index (χ1) is 13.5. The summed E-state index contributed by atoms with van der Waals surface area (Å²) in [5.41, 5.74) is 1.21. The third kappa shape index (κ3) is 4.03. The van der Waals surface area contributed by atoms with Gasteiger partial charge in [0.1, 0.15) is 29.6 Å². The lowest BCUT2D eigenvalue weighted by atomic mass is 9.94. The highest BCUT2D eigenvalue weighted by Gasteiger charge is 2.52. The number of halogens is 1. The van der Waals surface area contributed by atoms with Crippen molar-refractivity contribution in [3.63, 3.8) is 0 Å². The van der Waals surface area contributed by atoms with Gasteiger partial charge in [0, 0.05) is 30.6 Å². The van der Waals surface area contributed by atoms with Gasteiger partial charge >= 0.3 is 12.1 Å². The van der Waals surface area contributed by atoms with Crippen LogP contribution in [0.5, 0.6) is 0 Å². The molecule has 1 amide bonds. The van der Waals surface area contributed by atoms with E-state index in [0.717, 1.165) is 0 Å². The van der Waals surface area contributed by atoms with E-state index in [1.807, 2.05) is 34.6 Å². The van der Waals surface area contributed by atoms with Crippen LogP contribution in [0.1, 0.15) is 59.6 Å².